The van der Waals surface area contributed by atoms with Crippen LogP contribution < -0.4 is 0 Å². The van der Waals surface area contributed by atoms with Crippen molar-refractivity contribution in [3.63, 3.8) is 0 Å². The molecule has 0 fully saturated rings. The van der Waals surface area contributed by atoms with Gasteiger partial charge in [-0.05, 0) is 50.2 Å². The van der Waals surface area contributed by atoms with Gasteiger partial charge in [0.15, 0.2) is 0 Å². The fraction of sp³-hybridized carbons (Fsp3) is 0. The molecule has 0 aliphatic heterocycles. The number of benzene rings is 8. The number of H-pyrrole nitrogens is 1. The van der Waals surface area contributed by atoms with Crippen molar-refractivity contribution in [1.29, 1.82) is 0 Å². The standard InChI is InChI=1S/C42H25NO/c1-2-11-27-25(10-1)20-23-34-28-22-21-26(24-37(28)43-41(27)34)39-30-13-3-5-15-32(30)40(33-16-6-4-14-31(33)39)36-18-9-17-35-29-12-7-8-19-38(29)44-42(35)36/h1-24,43H. The third kappa shape index (κ3) is 3.20. The number of furan rings is 1. The average molecular weight is 560 g/mol. The van der Waals surface area contributed by atoms with E-state index in [0.717, 1.165) is 33.0 Å². The molecular weight excluding hydrogens is 534 g/mol. The first kappa shape index (κ1) is 23.7. The quantitative estimate of drug-likeness (QED) is 0.210. The molecule has 10 aromatic rings. The van der Waals surface area contributed by atoms with Crippen molar-refractivity contribution in [1.82, 2.24) is 4.98 Å². The summed E-state index contributed by atoms with van der Waals surface area (Å²) in [6, 6.07) is 52.5. The number of rotatable bonds is 2. The largest absolute Gasteiger partial charge is 0.455 e. The van der Waals surface area contributed by atoms with Gasteiger partial charge in [0.05, 0.1) is 5.52 Å². The van der Waals surface area contributed by atoms with Gasteiger partial charge >= 0.3 is 0 Å². The van der Waals surface area contributed by atoms with Crippen LogP contribution in [-0.2, 0) is 0 Å². The highest BCUT2D eigenvalue weighted by Gasteiger charge is 2.20. The predicted molar refractivity (Wildman–Crippen MR) is 186 cm³/mol. The fourth-order valence-electron chi connectivity index (χ4n) is 7.48. The van der Waals surface area contributed by atoms with Crippen LogP contribution in [0.4, 0.5) is 0 Å². The highest BCUT2D eigenvalue weighted by Crippen LogP contribution is 2.47. The lowest BCUT2D eigenvalue weighted by Crippen LogP contribution is -1.91. The number of hydrogen-bond donors (Lipinski definition) is 1. The molecule has 2 aromatic heterocycles. The summed E-state index contributed by atoms with van der Waals surface area (Å²) < 4.78 is 6.55. The molecule has 2 heteroatoms. The van der Waals surface area contributed by atoms with Gasteiger partial charge in [-0.1, -0.05) is 133 Å². The lowest BCUT2D eigenvalue weighted by Gasteiger charge is -2.18. The molecule has 1 N–H and O–H groups in total. The molecule has 2 heterocycles. The summed E-state index contributed by atoms with van der Waals surface area (Å²) in [6.07, 6.45) is 0. The Labute approximate surface area is 252 Å². The van der Waals surface area contributed by atoms with E-state index >= 15 is 0 Å². The second kappa shape index (κ2) is 8.82. The van der Waals surface area contributed by atoms with Gasteiger partial charge in [0.2, 0.25) is 0 Å². The Balaban J connectivity index is 1.29. The lowest BCUT2D eigenvalue weighted by molar-refractivity contribution is 0.670. The number of fused-ring (bicyclic) bond motifs is 10. The highest BCUT2D eigenvalue weighted by atomic mass is 16.3. The predicted octanol–water partition coefficient (Wildman–Crippen LogP) is 12.0. The number of nitrogens with one attached hydrogen (secondary N) is 1. The van der Waals surface area contributed by atoms with Crippen molar-refractivity contribution < 1.29 is 4.42 Å². The molecule has 0 saturated heterocycles. The molecule has 0 amide bonds. The van der Waals surface area contributed by atoms with Crippen LogP contribution in [0, 0.1) is 0 Å². The van der Waals surface area contributed by atoms with Gasteiger partial charge in [-0.3, -0.25) is 0 Å². The average Bonchev–Trinajstić information content (AvgIpc) is 3.65. The molecular formula is C42H25NO. The highest BCUT2D eigenvalue weighted by molar-refractivity contribution is 6.25. The van der Waals surface area contributed by atoms with Crippen molar-refractivity contribution in [2.75, 3.05) is 0 Å². The van der Waals surface area contributed by atoms with E-state index in [1.165, 1.54) is 65.3 Å². The molecule has 0 bridgehead atoms. The van der Waals surface area contributed by atoms with Gasteiger partial charge in [-0.25, -0.2) is 0 Å². The SMILES string of the molecule is c1ccc2c(c1)ccc1c3ccc(-c4c5ccccc5c(-c5cccc6c5oc5ccccc56)c5ccccc45)cc3[nH]c21. The molecule has 0 unspecified atom stereocenters. The van der Waals surface area contributed by atoms with E-state index < -0.39 is 0 Å². The first-order valence-electron chi connectivity index (χ1n) is 15.1. The monoisotopic (exact) mass is 559 g/mol. The molecule has 44 heavy (non-hydrogen) atoms. The molecule has 0 atom stereocenters. The van der Waals surface area contributed by atoms with Crippen LogP contribution in [0.1, 0.15) is 0 Å². The maximum Gasteiger partial charge on any atom is 0.143 e. The van der Waals surface area contributed by atoms with Gasteiger partial charge < -0.3 is 9.40 Å². The molecule has 2 nitrogen and oxygen atoms in total. The number of hydrogen-bond acceptors (Lipinski definition) is 1. The van der Waals surface area contributed by atoms with E-state index in [0.29, 0.717) is 0 Å². The van der Waals surface area contributed by atoms with Crippen molar-refractivity contribution in [2.24, 2.45) is 0 Å². The Kier molecular flexibility index (Phi) is 4.75. The summed E-state index contributed by atoms with van der Waals surface area (Å²) in [7, 11) is 0. The number of aromatic nitrogens is 1. The summed E-state index contributed by atoms with van der Waals surface area (Å²) in [5, 5.41) is 12.2. The molecule has 0 aliphatic carbocycles. The van der Waals surface area contributed by atoms with E-state index in [1.54, 1.807) is 0 Å². The fourth-order valence-corrected chi connectivity index (χ4v) is 7.48. The Morgan fingerprint density at radius 2 is 1.02 bits per heavy atom. The Hall–Kier alpha value is -5.86. The lowest BCUT2D eigenvalue weighted by atomic mass is 9.85. The van der Waals surface area contributed by atoms with Crippen LogP contribution in [-0.4, -0.2) is 4.98 Å². The summed E-state index contributed by atoms with van der Waals surface area (Å²) >= 11 is 0. The minimum absolute atomic E-state index is 0.916. The van der Waals surface area contributed by atoms with Gasteiger partial charge in [-0.2, -0.15) is 0 Å². The third-order valence-corrected chi connectivity index (χ3v) is 9.39. The minimum Gasteiger partial charge on any atom is -0.455 e. The van der Waals surface area contributed by atoms with Gasteiger partial charge in [-0.15, -0.1) is 0 Å². The molecule has 10 rings (SSSR count). The summed E-state index contributed by atoms with van der Waals surface area (Å²) in [4.78, 5) is 3.78. The van der Waals surface area contributed by atoms with E-state index in [4.69, 9.17) is 4.42 Å². The second-order valence-corrected chi connectivity index (χ2v) is 11.7. The van der Waals surface area contributed by atoms with Gasteiger partial charge in [0.25, 0.3) is 0 Å². The van der Waals surface area contributed by atoms with E-state index in [-0.39, 0.29) is 0 Å². The van der Waals surface area contributed by atoms with Gasteiger partial charge in [0, 0.05) is 43.6 Å². The van der Waals surface area contributed by atoms with Crippen LogP contribution >= 0.6 is 0 Å². The summed E-state index contributed by atoms with van der Waals surface area (Å²) in [5.41, 5.74) is 8.98. The number of aromatic amines is 1. The molecule has 8 aromatic carbocycles. The second-order valence-electron chi connectivity index (χ2n) is 11.7. The third-order valence-electron chi connectivity index (χ3n) is 9.39. The van der Waals surface area contributed by atoms with Crippen molar-refractivity contribution >= 4 is 76.1 Å². The van der Waals surface area contributed by atoms with E-state index in [9.17, 15) is 0 Å². The summed E-state index contributed by atoms with van der Waals surface area (Å²) in [5.74, 6) is 0. The van der Waals surface area contributed by atoms with E-state index in [2.05, 4.69) is 145 Å². The molecule has 0 radical (unpaired) electrons. The number of para-hydroxylation sites is 2. The Morgan fingerprint density at radius 3 is 1.80 bits per heavy atom. The smallest absolute Gasteiger partial charge is 0.143 e. The van der Waals surface area contributed by atoms with Crippen molar-refractivity contribution in [3.8, 4) is 22.3 Å². The van der Waals surface area contributed by atoms with Crippen LogP contribution in [0.15, 0.2) is 150 Å². The van der Waals surface area contributed by atoms with Crippen LogP contribution in [0.3, 0.4) is 0 Å². The minimum atomic E-state index is 0.916. The molecule has 0 aliphatic rings. The van der Waals surface area contributed by atoms with Crippen LogP contribution in [0.25, 0.3) is 98.3 Å². The molecule has 0 saturated carbocycles. The van der Waals surface area contributed by atoms with Crippen molar-refractivity contribution in [3.05, 3.63) is 146 Å². The van der Waals surface area contributed by atoms with E-state index in [1.807, 2.05) is 6.07 Å². The maximum atomic E-state index is 6.55. The van der Waals surface area contributed by atoms with Crippen LogP contribution in [0.5, 0.6) is 0 Å². The topological polar surface area (TPSA) is 28.9 Å². The zero-order valence-electron chi connectivity index (χ0n) is 23.8. The first-order valence-corrected chi connectivity index (χ1v) is 15.1. The zero-order chi connectivity index (χ0) is 28.8. The molecule has 0 spiro atoms. The normalized spacial score (nSPS) is 12.1. The van der Waals surface area contributed by atoms with Crippen LogP contribution in [0.2, 0.25) is 0 Å². The van der Waals surface area contributed by atoms with Crippen molar-refractivity contribution in [2.45, 2.75) is 0 Å². The Bertz CT molecular complexity index is 2720. The maximum absolute atomic E-state index is 6.55. The van der Waals surface area contributed by atoms with Gasteiger partial charge in [0.1, 0.15) is 11.2 Å². The molecule has 204 valence electrons. The zero-order valence-corrected chi connectivity index (χ0v) is 23.8. The summed E-state index contributed by atoms with van der Waals surface area (Å²) in [6.45, 7) is 0. The Morgan fingerprint density at radius 1 is 0.409 bits per heavy atom. The first-order chi connectivity index (χ1) is 21.8.